The molecule has 0 bridgehead atoms. The Morgan fingerprint density at radius 2 is 1.91 bits per heavy atom. The highest BCUT2D eigenvalue weighted by molar-refractivity contribution is 9.10. The molecule has 0 radical (unpaired) electrons. The van der Waals surface area contributed by atoms with Gasteiger partial charge in [0.05, 0.1) is 6.42 Å². The van der Waals surface area contributed by atoms with Crippen LogP contribution >= 0.6 is 27.7 Å². The summed E-state index contributed by atoms with van der Waals surface area (Å²) in [6.07, 6.45) is 1.34. The number of carboxylic acids is 1. The maximum absolute atomic E-state index is 12.8. The van der Waals surface area contributed by atoms with E-state index in [2.05, 4.69) is 15.9 Å². The number of ketones is 1. The van der Waals surface area contributed by atoms with Crippen LogP contribution in [-0.4, -0.2) is 46.3 Å². The average molecular weight is 384 g/mol. The van der Waals surface area contributed by atoms with Gasteiger partial charge in [0, 0.05) is 28.2 Å². The van der Waals surface area contributed by atoms with Crippen molar-refractivity contribution in [1.82, 2.24) is 4.90 Å². The van der Waals surface area contributed by atoms with E-state index in [1.54, 1.807) is 37.6 Å². The molecule has 0 unspecified atom stereocenters. The zero-order valence-electron chi connectivity index (χ0n) is 12.0. The number of carbonyl (C=O) groups is 3. The molecule has 1 heterocycles. The summed E-state index contributed by atoms with van der Waals surface area (Å²) >= 11 is 4.63. The minimum atomic E-state index is -1.13. The molecule has 0 saturated heterocycles. The van der Waals surface area contributed by atoms with Crippen LogP contribution in [0.15, 0.2) is 39.9 Å². The molecule has 2 rings (SSSR count). The Morgan fingerprint density at radius 1 is 1.32 bits per heavy atom. The SMILES string of the molecule is CS[C@@H]1C(C(=O)c2ccc(Br)cc2)=C(CC(=O)O)C(=O)N1C. The number of benzene rings is 1. The van der Waals surface area contributed by atoms with Crippen LogP contribution in [0.2, 0.25) is 0 Å². The van der Waals surface area contributed by atoms with E-state index in [9.17, 15) is 14.4 Å². The molecule has 5 nitrogen and oxygen atoms in total. The van der Waals surface area contributed by atoms with Crippen LogP contribution in [0.1, 0.15) is 16.8 Å². The Labute approximate surface area is 140 Å². The average Bonchev–Trinajstić information content (AvgIpc) is 2.71. The summed E-state index contributed by atoms with van der Waals surface area (Å²) < 4.78 is 0.838. The number of amides is 1. The van der Waals surface area contributed by atoms with E-state index in [4.69, 9.17) is 5.11 Å². The standard InChI is InChI=1S/C15H14BrNO4S/c1-17-14(21)10(7-11(18)19)12(15(17)22-2)13(20)8-3-5-9(16)6-4-8/h3-6,15H,7H2,1-2H3,(H,18,19)/t15-/m1/s1. The van der Waals surface area contributed by atoms with Crippen molar-refractivity contribution in [1.29, 1.82) is 0 Å². The van der Waals surface area contributed by atoms with Crippen molar-refractivity contribution in [2.24, 2.45) is 0 Å². The number of likely N-dealkylation sites (N-methyl/N-ethyl adjacent to an activating group) is 1. The first kappa shape index (κ1) is 16.8. The van der Waals surface area contributed by atoms with Gasteiger partial charge in [0.2, 0.25) is 0 Å². The van der Waals surface area contributed by atoms with Crippen LogP contribution in [0.4, 0.5) is 0 Å². The van der Waals surface area contributed by atoms with E-state index in [0.29, 0.717) is 5.56 Å². The van der Waals surface area contributed by atoms with Crippen molar-refractivity contribution in [3.63, 3.8) is 0 Å². The molecule has 1 aromatic carbocycles. The van der Waals surface area contributed by atoms with Gasteiger partial charge in [-0.15, -0.1) is 11.8 Å². The molecule has 0 aromatic heterocycles. The van der Waals surface area contributed by atoms with Crippen LogP contribution in [0.3, 0.4) is 0 Å². The zero-order valence-corrected chi connectivity index (χ0v) is 14.4. The molecule has 22 heavy (non-hydrogen) atoms. The quantitative estimate of drug-likeness (QED) is 0.790. The fourth-order valence-electron chi connectivity index (χ4n) is 2.38. The van der Waals surface area contributed by atoms with Gasteiger partial charge in [-0.3, -0.25) is 14.4 Å². The molecule has 1 N–H and O–H groups in total. The van der Waals surface area contributed by atoms with Gasteiger partial charge in [-0.1, -0.05) is 15.9 Å². The molecule has 116 valence electrons. The van der Waals surface area contributed by atoms with Crippen molar-refractivity contribution in [2.75, 3.05) is 13.3 Å². The van der Waals surface area contributed by atoms with Crippen molar-refractivity contribution >= 4 is 45.4 Å². The second kappa shape index (κ2) is 6.66. The van der Waals surface area contributed by atoms with E-state index in [1.807, 2.05) is 0 Å². The molecule has 1 aromatic rings. The molecule has 1 atom stereocenters. The Bertz CT molecular complexity index is 669. The minimum absolute atomic E-state index is 0.0715. The van der Waals surface area contributed by atoms with Crippen molar-refractivity contribution in [2.45, 2.75) is 11.8 Å². The largest absolute Gasteiger partial charge is 0.481 e. The Balaban J connectivity index is 2.51. The number of halogens is 1. The number of carboxylic acid groups (broad SMARTS) is 1. The van der Waals surface area contributed by atoms with Crippen LogP contribution in [0, 0.1) is 0 Å². The zero-order chi connectivity index (χ0) is 16.4. The topological polar surface area (TPSA) is 74.7 Å². The first-order valence-corrected chi connectivity index (χ1v) is 8.50. The number of Topliss-reactive ketones (excluding diaryl/α,β-unsaturated/α-hetero) is 1. The van der Waals surface area contributed by atoms with Crippen LogP contribution < -0.4 is 0 Å². The lowest BCUT2D eigenvalue weighted by molar-refractivity contribution is -0.137. The van der Waals surface area contributed by atoms with Gasteiger partial charge in [0.1, 0.15) is 5.37 Å². The predicted molar refractivity (Wildman–Crippen MR) is 87.8 cm³/mol. The number of hydrogen-bond donors (Lipinski definition) is 1. The maximum Gasteiger partial charge on any atom is 0.308 e. The number of hydrogen-bond acceptors (Lipinski definition) is 4. The predicted octanol–water partition coefficient (Wildman–Crippen LogP) is 2.56. The molecule has 1 aliphatic rings. The van der Waals surface area contributed by atoms with E-state index in [-0.39, 0.29) is 16.9 Å². The lowest BCUT2D eigenvalue weighted by Gasteiger charge is -2.20. The van der Waals surface area contributed by atoms with Gasteiger partial charge in [-0.05, 0) is 30.5 Å². The Morgan fingerprint density at radius 3 is 2.41 bits per heavy atom. The third-order valence-corrected chi connectivity index (χ3v) is 4.93. The van der Waals surface area contributed by atoms with Gasteiger partial charge in [0.15, 0.2) is 5.78 Å². The molecular weight excluding hydrogens is 370 g/mol. The summed E-state index contributed by atoms with van der Waals surface area (Å²) in [7, 11) is 1.58. The second-order valence-corrected chi connectivity index (χ2v) is 6.64. The summed E-state index contributed by atoms with van der Waals surface area (Å²) in [6, 6.07) is 6.77. The lowest BCUT2D eigenvalue weighted by atomic mass is 9.98. The van der Waals surface area contributed by atoms with Crippen molar-refractivity contribution in [3.05, 3.63) is 45.4 Å². The monoisotopic (exact) mass is 383 g/mol. The highest BCUT2D eigenvalue weighted by atomic mass is 79.9. The van der Waals surface area contributed by atoms with E-state index in [1.165, 1.54) is 16.7 Å². The van der Waals surface area contributed by atoms with Gasteiger partial charge in [-0.25, -0.2) is 0 Å². The first-order valence-electron chi connectivity index (χ1n) is 6.42. The van der Waals surface area contributed by atoms with Crippen molar-refractivity contribution < 1.29 is 19.5 Å². The smallest absolute Gasteiger partial charge is 0.308 e. The van der Waals surface area contributed by atoms with Crippen LogP contribution in [-0.2, 0) is 9.59 Å². The van der Waals surface area contributed by atoms with Crippen molar-refractivity contribution in [3.8, 4) is 0 Å². The first-order chi connectivity index (χ1) is 10.4. The maximum atomic E-state index is 12.8. The second-order valence-electron chi connectivity index (χ2n) is 4.80. The number of thioether (sulfide) groups is 1. The van der Waals surface area contributed by atoms with E-state index < -0.39 is 23.7 Å². The summed E-state index contributed by atoms with van der Waals surface area (Å²) in [5.74, 6) is -1.83. The van der Waals surface area contributed by atoms with E-state index in [0.717, 1.165) is 4.47 Å². The van der Waals surface area contributed by atoms with Gasteiger partial charge in [-0.2, -0.15) is 0 Å². The normalized spacial score (nSPS) is 18.0. The molecule has 0 saturated carbocycles. The number of aliphatic carboxylic acids is 1. The Hall–Kier alpha value is -1.60. The van der Waals surface area contributed by atoms with Crippen LogP contribution in [0.5, 0.6) is 0 Å². The minimum Gasteiger partial charge on any atom is -0.481 e. The summed E-state index contributed by atoms with van der Waals surface area (Å²) in [4.78, 5) is 37.4. The fourth-order valence-corrected chi connectivity index (χ4v) is 3.54. The summed E-state index contributed by atoms with van der Waals surface area (Å²) in [5.41, 5.74) is 0.773. The number of carbonyl (C=O) groups excluding carboxylic acids is 2. The van der Waals surface area contributed by atoms with E-state index >= 15 is 0 Å². The lowest BCUT2D eigenvalue weighted by Crippen LogP contribution is -2.30. The Kier molecular flexibility index (Phi) is 5.08. The summed E-state index contributed by atoms with van der Waals surface area (Å²) in [5, 5.41) is 8.55. The molecule has 0 aliphatic carbocycles. The van der Waals surface area contributed by atoms with Crippen LogP contribution in [0.25, 0.3) is 0 Å². The molecule has 1 amide bonds. The fraction of sp³-hybridized carbons (Fsp3) is 0.267. The molecule has 0 spiro atoms. The van der Waals surface area contributed by atoms with Gasteiger partial charge >= 0.3 is 5.97 Å². The highest BCUT2D eigenvalue weighted by Gasteiger charge is 2.40. The third-order valence-electron chi connectivity index (χ3n) is 3.40. The van der Waals surface area contributed by atoms with Gasteiger partial charge in [0.25, 0.3) is 5.91 Å². The highest BCUT2D eigenvalue weighted by Crippen LogP contribution is 2.35. The molecule has 7 heteroatoms. The molecular formula is C15H14BrNO4S. The molecule has 1 aliphatic heterocycles. The number of nitrogens with zero attached hydrogens (tertiary/aromatic N) is 1. The third kappa shape index (κ3) is 3.10. The number of rotatable bonds is 5. The summed E-state index contributed by atoms with van der Waals surface area (Å²) in [6.45, 7) is 0. The van der Waals surface area contributed by atoms with Gasteiger partial charge < -0.3 is 10.0 Å². The molecule has 0 fully saturated rings.